The quantitative estimate of drug-likeness (QED) is 0.366. The van der Waals surface area contributed by atoms with Gasteiger partial charge in [0.15, 0.2) is 17.5 Å². The third-order valence-corrected chi connectivity index (χ3v) is 5.74. The van der Waals surface area contributed by atoms with Gasteiger partial charge in [-0.3, -0.25) is 9.89 Å². The van der Waals surface area contributed by atoms with E-state index in [-0.39, 0.29) is 18.2 Å². The van der Waals surface area contributed by atoms with Gasteiger partial charge in [-0.2, -0.15) is 0 Å². The van der Waals surface area contributed by atoms with Crippen LogP contribution in [0, 0.1) is 17.7 Å². The Morgan fingerprint density at radius 3 is 2.65 bits per heavy atom. The van der Waals surface area contributed by atoms with Crippen molar-refractivity contribution in [3.05, 3.63) is 29.6 Å². The van der Waals surface area contributed by atoms with E-state index in [2.05, 4.69) is 36.3 Å². The molecule has 1 atom stereocenters. The molecule has 1 saturated heterocycles. The van der Waals surface area contributed by atoms with Gasteiger partial charge in [-0.05, 0) is 62.1 Å². The molecule has 176 valence electrons. The second-order valence-corrected chi connectivity index (χ2v) is 8.89. The number of hydrogen-bond acceptors (Lipinski definition) is 4. The van der Waals surface area contributed by atoms with Gasteiger partial charge in [0, 0.05) is 45.4 Å². The third-order valence-electron chi connectivity index (χ3n) is 5.74. The number of nitrogens with one attached hydrogen (secondary N) is 2. The molecule has 1 aliphatic rings. The van der Waals surface area contributed by atoms with E-state index in [0.29, 0.717) is 17.9 Å². The van der Waals surface area contributed by atoms with E-state index in [1.165, 1.54) is 7.11 Å². The highest BCUT2D eigenvalue weighted by Crippen LogP contribution is 2.20. The predicted octanol–water partition coefficient (Wildman–Crippen LogP) is 3.40. The maximum absolute atomic E-state index is 13.9. The molecule has 3 N–H and O–H groups in total. The summed E-state index contributed by atoms with van der Waals surface area (Å²) >= 11 is 0. The monoisotopic (exact) mass is 436 g/mol. The molecular weight excluding hydrogens is 395 g/mol. The fourth-order valence-corrected chi connectivity index (χ4v) is 4.17. The fourth-order valence-electron chi connectivity index (χ4n) is 4.17. The highest BCUT2D eigenvalue weighted by atomic mass is 19.1. The van der Waals surface area contributed by atoms with Crippen LogP contribution >= 0.6 is 0 Å². The van der Waals surface area contributed by atoms with Gasteiger partial charge in [-0.1, -0.05) is 19.9 Å². The first-order valence-electron chi connectivity index (χ1n) is 11.7. The number of nitrogens with zero attached hydrogens (tertiary/aromatic N) is 2. The molecule has 0 spiro atoms. The van der Waals surface area contributed by atoms with Crippen molar-refractivity contribution >= 4 is 5.96 Å². The van der Waals surface area contributed by atoms with E-state index in [4.69, 9.17) is 9.73 Å². The molecule has 0 saturated carbocycles. The minimum absolute atomic E-state index is 0.216. The minimum atomic E-state index is -0.306. The van der Waals surface area contributed by atoms with Gasteiger partial charge in [0.25, 0.3) is 0 Å². The van der Waals surface area contributed by atoms with Crippen LogP contribution < -0.4 is 15.4 Å². The summed E-state index contributed by atoms with van der Waals surface area (Å²) in [7, 11) is 1.48. The van der Waals surface area contributed by atoms with Crippen LogP contribution in [0.1, 0.15) is 52.0 Å². The summed E-state index contributed by atoms with van der Waals surface area (Å²) in [5.74, 6) is 1.86. The lowest BCUT2D eigenvalue weighted by Crippen LogP contribution is -2.48. The molecule has 0 aliphatic carbocycles. The number of methoxy groups -OCH3 is 1. The highest BCUT2D eigenvalue weighted by Gasteiger charge is 2.21. The number of guanidine groups is 1. The number of ether oxygens (including phenoxy) is 1. The fraction of sp³-hybridized carbons (Fsp3) is 0.708. The van der Waals surface area contributed by atoms with Crippen LogP contribution in [0.2, 0.25) is 0 Å². The Labute approximate surface area is 187 Å². The molecule has 6 nitrogen and oxygen atoms in total. The average Bonchev–Trinajstić information content (AvgIpc) is 2.73. The van der Waals surface area contributed by atoms with Crippen molar-refractivity contribution < 1.29 is 14.2 Å². The molecule has 0 bridgehead atoms. The summed E-state index contributed by atoms with van der Waals surface area (Å²) in [4.78, 5) is 7.17. The van der Waals surface area contributed by atoms with E-state index in [1.807, 2.05) is 6.07 Å². The van der Waals surface area contributed by atoms with E-state index in [0.717, 1.165) is 69.9 Å². The summed E-state index contributed by atoms with van der Waals surface area (Å²) in [6, 6.07) is 5.57. The molecular formula is C24H41FN4O2. The SMILES string of the molecule is CCNC(=NCC(CCO)CC(C)C)NC1CCN(Cc2ccc(OC)c(F)c2)CC1. The molecule has 7 heteroatoms. The zero-order valence-electron chi connectivity index (χ0n) is 19.7. The first kappa shape index (κ1) is 25.4. The average molecular weight is 437 g/mol. The van der Waals surface area contributed by atoms with Gasteiger partial charge < -0.3 is 20.5 Å². The highest BCUT2D eigenvalue weighted by molar-refractivity contribution is 5.80. The zero-order chi connectivity index (χ0) is 22.6. The zero-order valence-corrected chi connectivity index (χ0v) is 19.7. The lowest BCUT2D eigenvalue weighted by Gasteiger charge is -2.33. The van der Waals surface area contributed by atoms with Crippen molar-refractivity contribution in [3.63, 3.8) is 0 Å². The number of aliphatic hydroxyl groups excluding tert-OH is 1. The van der Waals surface area contributed by atoms with Crippen LogP contribution in [0.25, 0.3) is 0 Å². The second-order valence-electron chi connectivity index (χ2n) is 8.89. The smallest absolute Gasteiger partial charge is 0.191 e. The van der Waals surface area contributed by atoms with Crippen LogP contribution in [-0.4, -0.2) is 61.9 Å². The molecule has 1 unspecified atom stereocenters. The lowest BCUT2D eigenvalue weighted by molar-refractivity contribution is 0.198. The Morgan fingerprint density at radius 1 is 1.32 bits per heavy atom. The van der Waals surface area contributed by atoms with Crippen LogP contribution in [-0.2, 0) is 6.54 Å². The predicted molar refractivity (Wildman–Crippen MR) is 125 cm³/mol. The van der Waals surface area contributed by atoms with Gasteiger partial charge in [-0.25, -0.2) is 4.39 Å². The number of halogens is 1. The largest absolute Gasteiger partial charge is 0.494 e. The van der Waals surface area contributed by atoms with Gasteiger partial charge in [0.2, 0.25) is 0 Å². The van der Waals surface area contributed by atoms with Crippen molar-refractivity contribution in [2.24, 2.45) is 16.8 Å². The first-order chi connectivity index (χ1) is 14.9. The Hall–Kier alpha value is -1.86. The number of rotatable bonds is 11. The first-order valence-corrected chi connectivity index (χ1v) is 11.7. The maximum Gasteiger partial charge on any atom is 0.191 e. The van der Waals surface area contributed by atoms with Crippen molar-refractivity contribution in [2.75, 3.05) is 39.9 Å². The molecule has 1 heterocycles. The summed E-state index contributed by atoms with van der Waals surface area (Å²) in [6.45, 7) is 11.0. The maximum atomic E-state index is 13.9. The number of aliphatic imine (C=N–C) groups is 1. The summed E-state index contributed by atoms with van der Waals surface area (Å²) in [5, 5.41) is 16.3. The Morgan fingerprint density at radius 2 is 2.06 bits per heavy atom. The minimum Gasteiger partial charge on any atom is -0.494 e. The number of hydrogen-bond donors (Lipinski definition) is 3. The molecule has 1 aliphatic heterocycles. The molecule has 0 radical (unpaired) electrons. The van der Waals surface area contributed by atoms with Gasteiger partial charge in [-0.15, -0.1) is 0 Å². The van der Waals surface area contributed by atoms with Crippen molar-refractivity contribution in [1.82, 2.24) is 15.5 Å². The molecule has 0 amide bonds. The van der Waals surface area contributed by atoms with Gasteiger partial charge in [0.1, 0.15) is 0 Å². The number of likely N-dealkylation sites (tertiary alicyclic amines) is 1. The molecule has 31 heavy (non-hydrogen) atoms. The van der Waals surface area contributed by atoms with Crippen LogP contribution in [0.3, 0.4) is 0 Å². The van der Waals surface area contributed by atoms with Crippen molar-refractivity contribution in [2.45, 2.75) is 59.0 Å². The summed E-state index contributed by atoms with van der Waals surface area (Å²) < 4.78 is 18.9. The third kappa shape index (κ3) is 9.03. The Bertz CT molecular complexity index is 676. The van der Waals surface area contributed by atoms with E-state index < -0.39 is 0 Å². The van der Waals surface area contributed by atoms with Crippen molar-refractivity contribution in [3.8, 4) is 5.75 Å². The van der Waals surface area contributed by atoms with Gasteiger partial charge >= 0.3 is 0 Å². The van der Waals surface area contributed by atoms with Crippen molar-refractivity contribution in [1.29, 1.82) is 0 Å². The Kier molecular flexibility index (Phi) is 11.1. The second kappa shape index (κ2) is 13.5. The molecule has 1 aromatic rings. The Balaban J connectivity index is 1.84. The topological polar surface area (TPSA) is 69.1 Å². The number of piperidine rings is 1. The summed E-state index contributed by atoms with van der Waals surface area (Å²) in [5.41, 5.74) is 0.972. The van der Waals surface area contributed by atoms with E-state index in [1.54, 1.807) is 12.1 Å². The molecule has 0 aromatic heterocycles. The standard InChI is InChI=1S/C24H41FN4O2/c1-5-26-24(27-16-19(10-13-30)14-18(2)3)28-21-8-11-29(12-9-21)17-20-6-7-23(31-4)22(25)15-20/h6-7,15,18-19,21,30H,5,8-14,16-17H2,1-4H3,(H2,26,27,28). The van der Waals surface area contributed by atoms with Crippen LogP contribution in [0.15, 0.2) is 23.2 Å². The number of benzene rings is 1. The molecule has 1 aromatic carbocycles. The summed E-state index contributed by atoms with van der Waals surface area (Å²) in [6.07, 6.45) is 3.92. The lowest BCUT2D eigenvalue weighted by atomic mass is 9.94. The van der Waals surface area contributed by atoms with Crippen LogP contribution in [0.4, 0.5) is 4.39 Å². The van der Waals surface area contributed by atoms with Gasteiger partial charge in [0.05, 0.1) is 7.11 Å². The van der Waals surface area contributed by atoms with Crippen LogP contribution in [0.5, 0.6) is 5.75 Å². The number of aliphatic hydroxyl groups is 1. The normalized spacial score (nSPS) is 17.1. The van der Waals surface area contributed by atoms with E-state index in [9.17, 15) is 9.50 Å². The molecule has 1 fully saturated rings. The van der Waals surface area contributed by atoms with E-state index >= 15 is 0 Å². The molecule has 2 rings (SSSR count).